The molecular formula is C21H16Cl2F3N5O3. The van der Waals surface area contributed by atoms with Crippen LogP contribution in [0.3, 0.4) is 0 Å². The lowest BCUT2D eigenvalue weighted by atomic mass is 10.0. The summed E-state index contributed by atoms with van der Waals surface area (Å²) in [6, 6.07) is 4.19. The number of nitrogens with zero attached hydrogens (tertiary/aromatic N) is 4. The maximum Gasteiger partial charge on any atom is 0.417 e. The molecule has 2 amide bonds. The number of carbonyl (C=O) groups is 1. The van der Waals surface area contributed by atoms with Crippen molar-refractivity contribution in [1.82, 2.24) is 20.0 Å². The third-order valence-corrected chi connectivity index (χ3v) is 5.63. The van der Waals surface area contributed by atoms with Gasteiger partial charge in [-0.25, -0.2) is 4.79 Å². The fourth-order valence-corrected chi connectivity index (χ4v) is 3.90. The first kappa shape index (κ1) is 24.0. The van der Waals surface area contributed by atoms with Crippen LogP contribution in [0.4, 0.5) is 23.7 Å². The van der Waals surface area contributed by atoms with Crippen molar-refractivity contribution in [2.24, 2.45) is 0 Å². The Morgan fingerprint density at radius 2 is 2.03 bits per heavy atom. The quantitative estimate of drug-likeness (QED) is 0.492. The van der Waals surface area contributed by atoms with Crippen molar-refractivity contribution in [3.63, 3.8) is 0 Å². The zero-order valence-electron chi connectivity index (χ0n) is 17.2. The maximum absolute atomic E-state index is 12.8. The second-order valence-electron chi connectivity index (χ2n) is 7.27. The van der Waals surface area contributed by atoms with Crippen molar-refractivity contribution >= 4 is 40.5 Å². The van der Waals surface area contributed by atoms with Gasteiger partial charge in [0.25, 0.3) is 5.89 Å². The van der Waals surface area contributed by atoms with Gasteiger partial charge in [0.05, 0.1) is 21.3 Å². The number of hydrogen-bond donors (Lipinski definition) is 2. The Bertz CT molecular complexity index is 1260. The first-order chi connectivity index (χ1) is 16.2. The highest BCUT2D eigenvalue weighted by Gasteiger charge is 2.33. The molecule has 2 aromatic heterocycles. The summed E-state index contributed by atoms with van der Waals surface area (Å²) in [6.07, 6.45) is -0.782. The molecule has 2 N–H and O–H groups in total. The number of rotatable bonds is 4. The van der Waals surface area contributed by atoms with E-state index in [2.05, 4.69) is 20.4 Å². The standard InChI is InChI=1S/C21H16Cl2F3N5O3/c22-15-8-13(1-2-14(15)21(24,25)26)28-20(33)31-5-3-11(4-6-31)18-16(23)7-12(9-27-18)19-29-17(10-32)34-30-19/h1-3,7-9,32H,4-6,10H2,(H,28,33). The second-order valence-corrected chi connectivity index (χ2v) is 8.09. The fraction of sp³-hybridized carbons (Fsp3) is 0.238. The third-order valence-electron chi connectivity index (χ3n) is 5.03. The van der Waals surface area contributed by atoms with Gasteiger partial charge in [-0.3, -0.25) is 4.98 Å². The number of halogens is 5. The minimum Gasteiger partial charge on any atom is -0.387 e. The Morgan fingerprint density at radius 3 is 2.62 bits per heavy atom. The van der Waals surface area contributed by atoms with E-state index in [1.807, 2.05) is 0 Å². The Labute approximate surface area is 201 Å². The minimum absolute atomic E-state index is 0.0714. The number of alkyl halides is 3. The SMILES string of the molecule is O=C(Nc1ccc(C(F)(F)F)c(Cl)c1)N1CC=C(c2ncc(-c3noc(CO)n3)cc2Cl)CC1. The Kier molecular flexibility index (Phi) is 6.78. The third kappa shape index (κ3) is 5.16. The molecule has 0 saturated carbocycles. The largest absolute Gasteiger partial charge is 0.417 e. The van der Waals surface area contributed by atoms with E-state index in [-0.39, 0.29) is 30.6 Å². The van der Waals surface area contributed by atoms with Crippen LogP contribution in [0.1, 0.15) is 23.6 Å². The Hall–Kier alpha value is -3.15. The van der Waals surface area contributed by atoms with Crippen molar-refractivity contribution < 1.29 is 27.6 Å². The van der Waals surface area contributed by atoms with Crippen LogP contribution in [0.2, 0.25) is 10.0 Å². The molecule has 3 aromatic rings. The summed E-state index contributed by atoms with van der Waals surface area (Å²) in [5.74, 6) is 0.316. The first-order valence-corrected chi connectivity index (χ1v) is 10.6. The smallest absolute Gasteiger partial charge is 0.387 e. The zero-order valence-corrected chi connectivity index (χ0v) is 18.7. The number of nitrogens with one attached hydrogen (secondary N) is 1. The van der Waals surface area contributed by atoms with Crippen LogP contribution in [0, 0.1) is 0 Å². The molecule has 0 spiro atoms. The van der Waals surface area contributed by atoms with Gasteiger partial charge in [-0.05, 0) is 36.3 Å². The summed E-state index contributed by atoms with van der Waals surface area (Å²) in [6.45, 7) is 0.214. The van der Waals surface area contributed by atoms with Crippen molar-refractivity contribution in [3.8, 4) is 11.4 Å². The Balaban J connectivity index is 1.42. The lowest BCUT2D eigenvalue weighted by Crippen LogP contribution is -2.38. The van der Waals surface area contributed by atoms with Crippen LogP contribution < -0.4 is 5.32 Å². The predicted molar refractivity (Wildman–Crippen MR) is 118 cm³/mol. The number of hydrogen-bond acceptors (Lipinski definition) is 6. The van der Waals surface area contributed by atoms with Gasteiger partial charge in [0.2, 0.25) is 5.82 Å². The molecule has 0 atom stereocenters. The normalized spacial score (nSPS) is 14.2. The molecule has 4 rings (SSSR count). The van der Waals surface area contributed by atoms with Crippen molar-refractivity contribution in [1.29, 1.82) is 0 Å². The van der Waals surface area contributed by atoms with E-state index in [0.29, 0.717) is 29.2 Å². The molecule has 13 heteroatoms. The molecule has 1 aliphatic heterocycles. The molecule has 3 heterocycles. The highest BCUT2D eigenvalue weighted by molar-refractivity contribution is 6.32. The number of amides is 2. The van der Waals surface area contributed by atoms with Gasteiger partial charge in [0.15, 0.2) is 0 Å². The topological polar surface area (TPSA) is 104 Å². The summed E-state index contributed by atoms with van der Waals surface area (Å²) in [5.41, 5.74) is 1.09. The van der Waals surface area contributed by atoms with Gasteiger partial charge in [0.1, 0.15) is 6.61 Å². The molecule has 34 heavy (non-hydrogen) atoms. The number of anilines is 1. The van der Waals surface area contributed by atoms with Gasteiger partial charge in [-0.15, -0.1) is 0 Å². The Morgan fingerprint density at radius 1 is 1.24 bits per heavy atom. The number of carbonyl (C=O) groups excluding carboxylic acids is 1. The van der Waals surface area contributed by atoms with E-state index in [0.717, 1.165) is 23.8 Å². The lowest BCUT2D eigenvalue weighted by molar-refractivity contribution is -0.137. The summed E-state index contributed by atoms with van der Waals surface area (Å²) < 4.78 is 43.4. The number of aromatic nitrogens is 3. The van der Waals surface area contributed by atoms with Crippen LogP contribution in [0.5, 0.6) is 0 Å². The van der Waals surface area contributed by atoms with E-state index in [9.17, 15) is 18.0 Å². The van der Waals surface area contributed by atoms with Crippen molar-refractivity contribution in [2.75, 3.05) is 18.4 Å². The van der Waals surface area contributed by atoms with Crippen molar-refractivity contribution in [2.45, 2.75) is 19.2 Å². The average Bonchev–Trinajstić information content (AvgIpc) is 3.28. The molecule has 8 nitrogen and oxygen atoms in total. The van der Waals surface area contributed by atoms with Gasteiger partial charge in [-0.2, -0.15) is 18.2 Å². The van der Waals surface area contributed by atoms with E-state index in [4.69, 9.17) is 32.8 Å². The molecule has 178 valence electrons. The van der Waals surface area contributed by atoms with E-state index >= 15 is 0 Å². The summed E-state index contributed by atoms with van der Waals surface area (Å²) in [4.78, 5) is 22.4. The molecule has 0 radical (unpaired) electrons. The fourth-order valence-electron chi connectivity index (χ4n) is 3.33. The number of urea groups is 1. The summed E-state index contributed by atoms with van der Waals surface area (Å²) in [7, 11) is 0. The highest BCUT2D eigenvalue weighted by atomic mass is 35.5. The zero-order chi connectivity index (χ0) is 24.5. The highest BCUT2D eigenvalue weighted by Crippen LogP contribution is 2.36. The van der Waals surface area contributed by atoms with Gasteiger partial charge >= 0.3 is 12.2 Å². The van der Waals surface area contributed by atoms with E-state index in [1.165, 1.54) is 11.1 Å². The number of aliphatic hydroxyl groups is 1. The van der Waals surface area contributed by atoms with Crippen LogP contribution in [0.25, 0.3) is 17.0 Å². The maximum atomic E-state index is 12.8. The van der Waals surface area contributed by atoms with Gasteiger partial charge in [0, 0.05) is 30.5 Å². The predicted octanol–water partition coefficient (Wildman–Crippen LogP) is 5.27. The first-order valence-electron chi connectivity index (χ1n) is 9.87. The lowest BCUT2D eigenvalue weighted by Gasteiger charge is -2.27. The summed E-state index contributed by atoms with van der Waals surface area (Å²) in [5, 5.41) is 15.2. The molecule has 0 bridgehead atoms. The molecule has 0 unspecified atom stereocenters. The van der Waals surface area contributed by atoms with Crippen LogP contribution in [-0.2, 0) is 12.8 Å². The average molecular weight is 514 g/mol. The van der Waals surface area contributed by atoms with Gasteiger partial charge < -0.3 is 19.8 Å². The van der Waals surface area contributed by atoms with E-state index < -0.39 is 22.8 Å². The summed E-state index contributed by atoms with van der Waals surface area (Å²) >= 11 is 12.1. The molecule has 0 saturated heterocycles. The molecule has 1 aromatic carbocycles. The van der Waals surface area contributed by atoms with Gasteiger partial charge in [-0.1, -0.05) is 34.4 Å². The number of benzene rings is 1. The molecular weight excluding hydrogens is 498 g/mol. The molecule has 0 aliphatic carbocycles. The monoisotopic (exact) mass is 513 g/mol. The number of aliphatic hydroxyl groups excluding tert-OH is 1. The van der Waals surface area contributed by atoms with Crippen LogP contribution >= 0.6 is 23.2 Å². The number of pyridine rings is 1. The van der Waals surface area contributed by atoms with Crippen LogP contribution in [0.15, 0.2) is 41.1 Å². The minimum atomic E-state index is -4.57. The molecule has 1 aliphatic rings. The van der Waals surface area contributed by atoms with Crippen molar-refractivity contribution in [3.05, 3.63) is 63.7 Å². The molecule has 0 fully saturated rings. The second kappa shape index (κ2) is 9.61. The van der Waals surface area contributed by atoms with Crippen LogP contribution in [-0.4, -0.2) is 44.3 Å². The van der Waals surface area contributed by atoms with E-state index in [1.54, 1.807) is 12.1 Å².